The van der Waals surface area contributed by atoms with Crippen molar-refractivity contribution in [1.29, 1.82) is 0 Å². The minimum absolute atomic E-state index is 0.0383. The number of hydrogen-bond acceptors (Lipinski definition) is 6. The highest BCUT2D eigenvalue weighted by molar-refractivity contribution is 5.98. The molecule has 0 aliphatic rings. The van der Waals surface area contributed by atoms with Crippen LogP contribution in [0.2, 0.25) is 0 Å². The van der Waals surface area contributed by atoms with Crippen molar-refractivity contribution in [2.75, 3.05) is 14.2 Å². The molecule has 0 atom stereocenters. The van der Waals surface area contributed by atoms with Gasteiger partial charge in [0.05, 0.1) is 19.8 Å². The predicted molar refractivity (Wildman–Crippen MR) is 87.1 cm³/mol. The molecule has 0 bridgehead atoms. The molecule has 2 aromatic carbocycles. The van der Waals surface area contributed by atoms with E-state index >= 15 is 0 Å². The van der Waals surface area contributed by atoms with Gasteiger partial charge in [-0.2, -0.15) is 4.80 Å². The average Bonchev–Trinajstić information content (AvgIpc) is 3.10. The Balaban J connectivity index is 1.82. The van der Waals surface area contributed by atoms with Crippen LogP contribution < -0.4 is 9.47 Å². The maximum absolute atomic E-state index is 12.5. The standard InChI is InChI=1S/C17H16N4O3/c1-23-13-8-9-16(24-2)14(10-13)15(22)11-21-19-17(18-20-21)12-6-4-3-5-7-12/h3-10H,11H2,1-2H3. The summed E-state index contributed by atoms with van der Waals surface area (Å²) >= 11 is 0. The Morgan fingerprint density at radius 1 is 1.08 bits per heavy atom. The zero-order chi connectivity index (χ0) is 16.9. The first kappa shape index (κ1) is 15.7. The van der Waals surface area contributed by atoms with E-state index in [1.807, 2.05) is 30.3 Å². The lowest BCUT2D eigenvalue weighted by Gasteiger charge is -2.09. The number of methoxy groups -OCH3 is 2. The van der Waals surface area contributed by atoms with Gasteiger partial charge in [-0.3, -0.25) is 4.79 Å². The Morgan fingerprint density at radius 3 is 2.58 bits per heavy atom. The molecule has 0 saturated carbocycles. The zero-order valence-electron chi connectivity index (χ0n) is 13.3. The summed E-state index contributed by atoms with van der Waals surface area (Å²) in [6.45, 7) is -0.0383. The molecular weight excluding hydrogens is 308 g/mol. The molecule has 3 rings (SSSR count). The quantitative estimate of drug-likeness (QED) is 0.647. The molecule has 0 aliphatic heterocycles. The molecule has 3 aromatic rings. The second kappa shape index (κ2) is 6.91. The van der Waals surface area contributed by atoms with Crippen molar-refractivity contribution < 1.29 is 14.3 Å². The highest BCUT2D eigenvalue weighted by atomic mass is 16.5. The molecule has 1 heterocycles. The number of tetrazole rings is 1. The molecule has 0 unspecified atom stereocenters. The molecule has 0 aliphatic carbocycles. The Kier molecular flexibility index (Phi) is 4.51. The van der Waals surface area contributed by atoms with Crippen LogP contribution >= 0.6 is 0 Å². The smallest absolute Gasteiger partial charge is 0.204 e. The molecule has 0 spiro atoms. The molecule has 0 N–H and O–H groups in total. The van der Waals surface area contributed by atoms with Crippen LogP contribution in [0.4, 0.5) is 0 Å². The SMILES string of the molecule is COc1ccc(OC)c(C(=O)Cn2nnc(-c3ccccc3)n2)c1. The Morgan fingerprint density at radius 2 is 1.88 bits per heavy atom. The summed E-state index contributed by atoms with van der Waals surface area (Å²) in [5.74, 6) is 1.34. The van der Waals surface area contributed by atoms with Crippen LogP contribution in [-0.4, -0.2) is 40.2 Å². The van der Waals surface area contributed by atoms with Gasteiger partial charge in [0.15, 0.2) is 5.78 Å². The highest BCUT2D eigenvalue weighted by Gasteiger charge is 2.16. The number of carbonyl (C=O) groups excluding carboxylic acids is 1. The van der Waals surface area contributed by atoms with Crippen molar-refractivity contribution in [2.45, 2.75) is 6.54 Å². The van der Waals surface area contributed by atoms with Crippen LogP contribution in [-0.2, 0) is 6.54 Å². The summed E-state index contributed by atoms with van der Waals surface area (Å²) in [6.07, 6.45) is 0. The van der Waals surface area contributed by atoms with Gasteiger partial charge in [-0.15, -0.1) is 10.2 Å². The minimum atomic E-state index is -0.192. The van der Waals surface area contributed by atoms with Gasteiger partial charge in [0.1, 0.15) is 18.0 Å². The van der Waals surface area contributed by atoms with Gasteiger partial charge in [-0.05, 0) is 23.4 Å². The van der Waals surface area contributed by atoms with Crippen molar-refractivity contribution in [2.24, 2.45) is 0 Å². The summed E-state index contributed by atoms with van der Waals surface area (Å²) in [6, 6.07) is 14.5. The summed E-state index contributed by atoms with van der Waals surface area (Å²) in [7, 11) is 3.06. The van der Waals surface area contributed by atoms with Crippen molar-refractivity contribution >= 4 is 5.78 Å². The lowest BCUT2D eigenvalue weighted by molar-refractivity contribution is 0.0958. The fourth-order valence-electron chi connectivity index (χ4n) is 2.26. The number of hydrogen-bond donors (Lipinski definition) is 0. The Hall–Kier alpha value is -3.22. The minimum Gasteiger partial charge on any atom is -0.497 e. The number of carbonyl (C=O) groups is 1. The number of benzene rings is 2. The van der Waals surface area contributed by atoms with E-state index in [9.17, 15) is 4.79 Å². The van der Waals surface area contributed by atoms with E-state index in [2.05, 4.69) is 15.4 Å². The molecular formula is C17H16N4O3. The number of ether oxygens (including phenoxy) is 2. The van der Waals surface area contributed by atoms with Gasteiger partial charge in [-0.1, -0.05) is 30.3 Å². The predicted octanol–water partition coefficient (Wildman–Crippen LogP) is 2.24. The molecule has 7 nitrogen and oxygen atoms in total. The van der Waals surface area contributed by atoms with E-state index in [0.717, 1.165) is 5.56 Å². The molecule has 1 aromatic heterocycles. The zero-order valence-corrected chi connectivity index (χ0v) is 13.3. The maximum Gasteiger partial charge on any atom is 0.204 e. The van der Waals surface area contributed by atoms with Crippen LogP contribution in [0.25, 0.3) is 11.4 Å². The van der Waals surface area contributed by atoms with E-state index < -0.39 is 0 Å². The lowest BCUT2D eigenvalue weighted by Crippen LogP contribution is -2.14. The summed E-state index contributed by atoms with van der Waals surface area (Å²) < 4.78 is 10.4. The van der Waals surface area contributed by atoms with Crippen molar-refractivity contribution in [3.8, 4) is 22.9 Å². The van der Waals surface area contributed by atoms with E-state index in [-0.39, 0.29) is 12.3 Å². The van der Waals surface area contributed by atoms with Gasteiger partial charge >= 0.3 is 0 Å². The fourth-order valence-corrected chi connectivity index (χ4v) is 2.26. The fraction of sp³-hybridized carbons (Fsp3) is 0.176. The van der Waals surface area contributed by atoms with Gasteiger partial charge in [0.2, 0.25) is 5.82 Å². The number of aromatic nitrogens is 4. The van der Waals surface area contributed by atoms with Crippen LogP contribution in [0, 0.1) is 0 Å². The second-order valence-electron chi connectivity index (χ2n) is 5.00. The number of nitrogens with zero attached hydrogens (tertiary/aromatic N) is 4. The molecule has 7 heteroatoms. The van der Waals surface area contributed by atoms with Gasteiger partial charge in [-0.25, -0.2) is 0 Å². The van der Waals surface area contributed by atoms with Crippen molar-refractivity contribution in [3.63, 3.8) is 0 Å². The first-order valence-electron chi connectivity index (χ1n) is 7.29. The Bertz CT molecular complexity index is 846. The Labute approximate surface area is 138 Å². The van der Waals surface area contributed by atoms with Gasteiger partial charge in [0, 0.05) is 5.56 Å². The van der Waals surface area contributed by atoms with E-state index in [0.29, 0.717) is 22.9 Å². The third kappa shape index (κ3) is 3.24. The summed E-state index contributed by atoms with van der Waals surface area (Å²) in [5.41, 5.74) is 1.26. The normalized spacial score (nSPS) is 10.4. The second-order valence-corrected chi connectivity index (χ2v) is 5.00. The molecule has 0 amide bonds. The van der Waals surface area contributed by atoms with Crippen LogP contribution in [0.3, 0.4) is 0 Å². The van der Waals surface area contributed by atoms with Crippen LogP contribution in [0.1, 0.15) is 10.4 Å². The van der Waals surface area contributed by atoms with Gasteiger partial charge in [0.25, 0.3) is 0 Å². The summed E-state index contributed by atoms with van der Waals surface area (Å²) in [5, 5.41) is 12.2. The molecule has 0 saturated heterocycles. The monoisotopic (exact) mass is 324 g/mol. The highest BCUT2D eigenvalue weighted by Crippen LogP contribution is 2.24. The molecule has 122 valence electrons. The first-order chi connectivity index (χ1) is 11.7. The number of rotatable bonds is 6. The van der Waals surface area contributed by atoms with E-state index in [4.69, 9.17) is 9.47 Å². The largest absolute Gasteiger partial charge is 0.497 e. The maximum atomic E-state index is 12.5. The van der Waals surface area contributed by atoms with E-state index in [1.165, 1.54) is 11.9 Å². The number of ketones is 1. The van der Waals surface area contributed by atoms with E-state index in [1.54, 1.807) is 25.3 Å². The van der Waals surface area contributed by atoms with Crippen molar-refractivity contribution in [1.82, 2.24) is 20.2 Å². The third-order valence-electron chi connectivity index (χ3n) is 3.48. The van der Waals surface area contributed by atoms with Crippen LogP contribution in [0.5, 0.6) is 11.5 Å². The average molecular weight is 324 g/mol. The van der Waals surface area contributed by atoms with Crippen molar-refractivity contribution in [3.05, 3.63) is 54.1 Å². The lowest BCUT2D eigenvalue weighted by atomic mass is 10.1. The third-order valence-corrected chi connectivity index (χ3v) is 3.48. The molecule has 0 fully saturated rings. The molecule has 0 radical (unpaired) electrons. The molecule has 24 heavy (non-hydrogen) atoms. The van der Waals surface area contributed by atoms with Crippen LogP contribution in [0.15, 0.2) is 48.5 Å². The summed E-state index contributed by atoms with van der Waals surface area (Å²) in [4.78, 5) is 13.8. The van der Waals surface area contributed by atoms with Gasteiger partial charge < -0.3 is 9.47 Å². The topological polar surface area (TPSA) is 79.1 Å². The first-order valence-corrected chi connectivity index (χ1v) is 7.29. The number of Topliss-reactive ketones (excluding diaryl/α,β-unsaturated/α-hetero) is 1.